The highest BCUT2D eigenvalue weighted by molar-refractivity contribution is 8.00. The van der Waals surface area contributed by atoms with Crippen LogP contribution in [-0.2, 0) is 4.79 Å². The Morgan fingerprint density at radius 3 is 2.71 bits per heavy atom. The van der Waals surface area contributed by atoms with Crippen molar-refractivity contribution < 1.29 is 4.79 Å². The van der Waals surface area contributed by atoms with Crippen molar-refractivity contribution in [2.24, 2.45) is 0 Å². The first-order valence-corrected chi connectivity index (χ1v) is 7.59. The predicted molar refractivity (Wildman–Crippen MR) is 86.7 cm³/mol. The molecule has 0 saturated carbocycles. The molecule has 0 fully saturated rings. The quantitative estimate of drug-likeness (QED) is 0.845. The van der Waals surface area contributed by atoms with Gasteiger partial charge in [-0.15, -0.1) is 0 Å². The summed E-state index contributed by atoms with van der Waals surface area (Å²) in [6.07, 6.45) is 3.05. The van der Waals surface area contributed by atoms with Crippen molar-refractivity contribution >= 4 is 40.8 Å². The number of thioether (sulfide) groups is 1. The monoisotopic (exact) mass is 322 g/mol. The molecule has 3 N–H and O–H groups in total. The molecule has 0 atom stereocenters. The van der Waals surface area contributed by atoms with E-state index in [1.807, 2.05) is 26.0 Å². The third-order valence-electron chi connectivity index (χ3n) is 2.73. The summed E-state index contributed by atoms with van der Waals surface area (Å²) in [5.74, 6) is 0.339. The van der Waals surface area contributed by atoms with Gasteiger partial charge in [0.1, 0.15) is 5.03 Å². The van der Waals surface area contributed by atoms with Gasteiger partial charge in [-0.3, -0.25) is 4.79 Å². The minimum absolute atomic E-state index is 0.168. The molecule has 1 aromatic heterocycles. The molecule has 0 spiro atoms. The first kappa shape index (κ1) is 15.6. The smallest absolute Gasteiger partial charge is 0.234 e. The van der Waals surface area contributed by atoms with Crippen LogP contribution in [0.3, 0.4) is 0 Å². The molecule has 0 unspecified atom stereocenters. The molecule has 1 aromatic carbocycles. The van der Waals surface area contributed by atoms with Crippen molar-refractivity contribution in [2.45, 2.75) is 18.9 Å². The topological polar surface area (TPSA) is 80.9 Å². The molecule has 0 saturated heterocycles. The Hall–Kier alpha value is -1.79. The van der Waals surface area contributed by atoms with E-state index in [9.17, 15) is 4.79 Å². The summed E-state index contributed by atoms with van der Waals surface area (Å²) < 4.78 is 0. The summed E-state index contributed by atoms with van der Waals surface area (Å²) >= 11 is 7.39. The van der Waals surface area contributed by atoms with Gasteiger partial charge in [0.2, 0.25) is 5.91 Å². The van der Waals surface area contributed by atoms with Crippen molar-refractivity contribution in [3.05, 3.63) is 40.7 Å². The van der Waals surface area contributed by atoms with Crippen LogP contribution in [0.1, 0.15) is 11.1 Å². The average molecular weight is 323 g/mol. The van der Waals surface area contributed by atoms with Gasteiger partial charge in [-0.2, -0.15) is 0 Å². The van der Waals surface area contributed by atoms with E-state index in [-0.39, 0.29) is 11.7 Å². The van der Waals surface area contributed by atoms with Crippen molar-refractivity contribution in [3.63, 3.8) is 0 Å². The highest BCUT2D eigenvalue weighted by Gasteiger charge is 2.11. The number of hydrogen-bond donors (Lipinski definition) is 2. The number of aryl methyl sites for hydroxylation is 2. The lowest BCUT2D eigenvalue weighted by Gasteiger charge is -2.11. The number of rotatable bonds is 4. The Bertz CT molecular complexity index is 655. The molecular weight excluding hydrogens is 308 g/mol. The number of hydrogen-bond acceptors (Lipinski definition) is 5. The molecule has 7 heteroatoms. The number of aromatic nitrogens is 2. The van der Waals surface area contributed by atoms with Crippen molar-refractivity contribution in [3.8, 4) is 0 Å². The van der Waals surface area contributed by atoms with Gasteiger partial charge in [0.15, 0.2) is 5.82 Å². The number of nitrogen functional groups attached to an aromatic ring is 1. The number of benzene rings is 1. The van der Waals surface area contributed by atoms with Crippen LogP contribution in [-0.4, -0.2) is 21.6 Å². The molecule has 0 aliphatic heterocycles. The largest absolute Gasteiger partial charge is 0.381 e. The maximum atomic E-state index is 12.0. The van der Waals surface area contributed by atoms with E-state index >= 15 is 0 Å². The summed E-state index contributed by atoms with van der Waals surface area (Å²) in [5.41, 5.74) is 8.30. The highest BCUT2D eigenvalue weighted by Crippen LogP contribution is 2.28. The van der Waals surface area contributed by atoms with E-state index in [0.717, 1.165) is 11.1 Å². The van der Waals surface area contributed by atoms with Gasteiger partial charge in [-0.05, 0) is 31.0 Å². The fourth-order valence-corrected chi connectivity index (χ4v) is 2.88. The van der Waals surface area contributed by atoms with E-state index in [1.165, 1.54) is 24.2 Å². The molecule has 0 aliphatic rings. The predicted octanol–water partition coefficient (Wildman–Crippen LogP) is 3.06. The van der Waals surface area contributed by atoms with Crippen LogP contribution < -0.4 is 11.1 Å². The molecule has 0 bridgehead atoms. The van der Waals surface area contributed by atoms with Crippen LogP contribution in [0.4, 0.5) is 11.5 Å². The van der Waals surface area contributed by atoms with Gasteiger partial charge in [0.25, 0.3) is 0 Å². The van der Waals surface area contributed by atoms with Gasteiger partial charge in [-0.1, -0.05) is 29.4 Å². The Kier molecular flexibility index (Phi) is 5.03. The fraction of sp³-hybridized carbons (Fsp3) is 0.214. The molecule has 0 aliphatic carbocycles. The Labute approximate surface area is 132 Å². The van der Waals surface area contributed by atoms with Crippen LogP contribution in [0.5, 0.6) is 0 Å². The number of carbonyl (C=O) groups excluding carboxylic acids is 1. The van der Waals surface area contributed by atoms with Crippen molar-refractivity contribution in [2.75, 3.05) is 16.8 Å². The standard InChI is InChI=1S/C14H15ClN4OS/c1-8-5-9(2)12(10(15)6-8)19-11(20)7-21-14-13(16)17-3-4-18-14/h3-6H,7H2,1-2H3,(H2,16,17)(H,19,20). The second-order valence-electron chi connectivity index (χ2n) is 4.52. The second-order valence-corrected chi connectivity index (χ2v) is 5.89. The number of amides is 1. The third kappa shape index (κ3) is 4.09. The first-order chi connectivity index (χ1) is 9.97. The van der Waals surface area contributed by atoms with Gasteiger partial charge in [0.05, 0.1) is 16.5 Å². The molecule has 110 valence electrons. The van der Waals surface area contributed by atoms with Crippen molar-refractivity contribution in [1.82, 2.24) is 9.97 Å². The van der Waals surface area contributed by atoms with E-state index < -0.39 is 0 Å². The second kappa shape index (κ2) is 6.78. The van der Waals surface area contributed by atoms with Crippen LogP contribution in [0.15, 0.2) is 29.6 Å². The highest BCUT2D eigenvalue weighted by atomic mass is 35.5. The SMILES string of the molecule is Cc1cc(C)c(NC(=O)CSc2nccnc2N)c(Cl)c1. The minimum atomic E-state index is -0.168. The summed E-state index contributed by atoms with van der Waals surface area (Å²) in [5, 5.41) is 3.89. The molecule has 5 nitrogen and oxygen atoms in total. The Balaban J connectivity index is 2.01. The molecule has 1 amide bonds. The molecule has 21 heavy (non-hydrogen) atoms. The van der Waals surface area contributed by atoms with Crippen LogP contribution >= 0.6 is 23.4 Å². The zero-order valence-electron chi connectivity index (χ0n) is 11.7. The maximum absolute atomic E-state index is 12.0. The van der Waals surface area contributed by atoms with E-state index in [4.69, 9.17) is 17.3 Å². The van der Waals surface area contributed by atoms with Gasteiger partial charge < -0.3 is 11.1 Å². The summed E-state index contributed by atoms with van der Waals surface area (Å²) in [6.45, 7) is 3.86. The van der Waals surface area contributed by atoms with Crippen LogP contribution in [0.2, 0.25) is 5.02 Å². The molecular formula is C14H15ClN4OS. The zero-order chi connectivity index (χ0) is 15.4. The number of nitrogens with zero attached hydrogens (tertiary/aromatic N) is 2. The van der Waals surface area contributed by atoms with Crippen LogP contribution in [0, 0.1) is 13.8 Å². The summed E-state index contributed by atoms with van der Waals surface area (Å²) in [6, 6.07) is 3.78. The Morgan fingerprint density at radius 1 is 1.33 bits per heavy atom. The van der Waals surface area contributed by atoms with Crippen LogP contribution in [0.25, 0.3) is 0 Å². The lowest BCUT2D eigenvalue weighted by molar-refractivity contribution is -0.113. The van der Waals surface area contributed by atoms with E-state index in [1.54, 1.807) is 0 Å². The lowest BCUT2D eigenvalue weighted by Crippen LogP contribution is -2.15. The minimum Gasteiger partial charge on any atom is -0.381 e. The van der Waals surface area contributed by atoms with E-state index in [2.05, 4.69) is 15.3 Å². The van der Waals surface area contributed by atoms with Gasteiger partial charge in [-0.25, -0.2) is 9.97 Å². The average Bonchev–Trinajstić information content (AvgIpc) is 2.42. The molecule has 2 rings (SSSR count). The number of halogens is 1. The maximum Gasteiger partial charge on any atom is 0.234 e. The van der Waals surface area contributed by atoms with E-state index in [0.29, 0.717) is 21.6 Å². The zero-order valence-corrected chi connectivity index (χ0v) is 13.3. The Morgan fingerprint density at radius 2 is 2.05 bits per heavy atom. The summed E-state index contributed by atoms with van der Waals surface area (Å²) in [4.78, 5) is 20.0. The summed E-state index contributed by atoms with van der Waals surface area (Å²) in [7, 11) is 0. The fourth-order valence-electron chi connectivity index (χ4n) is 1.83. The number of nitrogens with two attached hydrogens (primary N) is 1. The van der Waals surface area contributed by atoms with Gasteiger partial charge in [0, 0.05) is 12.4 Å². The number of carbonyl (C=O) groups is 1. The normalized spacial score (nSPS) is 10.4. The molecule has 1 heterocycles. The molecule has 0 radical (unpaired) electrons. The number of nitrogens with one attached hydrogen (secondary N) is 1. The number of anilines is 2. The molecule has 2 aromatic rings. The van der Waals surface area contributed by atoms with Gasteiger partial charge >= 0.3 is 0 Å². The first-order valence-electron chi connectivity index (χ1n) is 6.23. The lowest BCUT2D eigenvalue weighted by atomic mass is 10.1. The third-order valence-corrected chi connectivity index (χ3v) is 4.02. The van der Waals surface area contributed by atoms with Crippen molar-refractivity contribution in [1.29, 1.82) is 0 Å².